The highest BCUT2D eigenvalue weighted by atomic mass is 32.2. The highest BCUT2D eigenvalue weighted by Crippen LogP contribution is 2.32. The van der Waals surface area contributed by atoms with Crippen LogP contribution in [0.15, 0.2) is 58.3 Å². The average molecular weight is 466 g/mol. The number of para-hydroxylation sites is 2. The minimum Gasteiger partial charge on any atom is -0.492 e. The van der Waals surface area contributed by atoms with E-state index in [0.717, 1.165) is 22.2 Å². The quantitative estimate of drug-likeness (QED) is 0.383. The van der Waals surface area contributed by atoms with Gasteiger partial charge in [0.15, 0.2) is 0 Å². The van der Waals surface area contributed by atoms with Crippen molar-refractivity contribution in [3.8, 4) is 5.75 Å². The Kier molecular flexibility index (Phi) is 9.67. The fraction of sp³-hybridized carbons (Fsp3) is 0.409. The van der Waals surface area contributed by atoms with Crippen molar-refractivity contribution in [2.75, 3.05) is 50.9 Å². The van der Waals surface area contributed by atoms with E-state index in [2.05, 4.69) is 5.32 Å². The second-order valence-corrected chi connectivity index (χ2v) is 9.84. The number of anilines is 1. The molecule has 31 heavy (non-hydrogen) atoms. The normalized spacial score (nSPS) is 11.4. The molecule has 0 radical (unpaired) electrons. The third-order valence-electron chi connectivity index (χ3n) is 4.47. The van der Waals surface area contributed by atoms with Gasteiger partial charge in [-0.1, -0.05) is 12.1 Å². The van der Waals surface area contributed by atoms with Crippen LogP contribution in [0.4, 0.5) is 5.69 Å². The third-order valence-corrected chi connectivity index (χ3v) is 6.99. The SMILES string of the molecule is CCOc1ccccc1N(CC(=O)NCCCN(C)C)S(=O)(=O)c1ccc(SC)cc1. The van der Waals surface area contributed by atoms with E-state index in [-0.39, 0.29) is 17.3 Å². The van der Waals surface area contributed by atoms with E-state index in [0.29, 0.717) is 24.6 Å². The maximum atomic E-state index is 13.5. The molecule has 1 N–H and O–H groups in total. The maximum Gasteiger partial charge on any atom is 0.264 e. The predicted molar refractivity (Wildman–Crippen MR) is 127 cm³/mol. The number of ether oxygens (including phenoxy) is 1. The summed E-state index contributed by atoms with van der Waals surface area (Å²) in [6.07, 6.45) is 2.70. The third kappa shape index (κ3) is 7.15. The summed E-state index contributed by atoms with van der Waals surface area (Å²) in [7, 11) is -0.0612. The lowest BCUT2D eigenvalue weighted by Gasteiger charge is -2.26. The second kappa shape index (κ2) is 12.0. The van der Waals surface area contributed by atoms with E-state index in [1.165, 1.54) is 11.8 Å². The molecule has 0 fully saturated rings. The van der Waals surface area contributed by atoms with Gasteiger partial charge in [-0.25, -0.2) is 8.42 Å². The van der Waals surface area contributed by atoms with Crippen LogP contribution in [0.3, 0.4) is 0 Å². The molecule has 0 saturated carbocycles. The number of nitrogens with one attached hydrogen (secondary N) is 1. The van der Waals surface area contributed by atoms with Crippen molar-refractivity contribution >= 4 is 33.4 Å². The zero-order valence-corrected chi connectivity index (χ0v) is 20.1. The maximum absolute atomic E-state index is 13.5. The van der Waals surface area contributed by atoms with Crippen LogP contribution in [-0.4, -0.2) is 65.8 Å². The summed E-state index contributed by atoms with van der Waals surface area (Å²) in [5.41, 5.74) is 0.335. The average Bonchev–Trinajstić information content (AvgIpc) is 2.75. The lowest BCUT2D eigenvalue weighted by Crippen LogP contribution is -2.41. The Balaban J connectivity index is 2.35. The molecule has 0 spiro atoms. The monoisotopic (exact) mass is 465 g/mol. The molecule has 2 rings (SSSR count). The molecule has 0 saturated heterocycles. The van der Waals surface area contributed by atoms with Crippen LogP contribution in [0.1, 0.15) is 13.3 Å². The van der Waals surface area contributed by atoms with E-state index < -0.39 is 10.0 Å². The molecule has 2 aromatic rings. The van der Waals surface area contributed by atoms with Gasteiger partial charge in [0.25, 0.3) is 10.0 Å². The molecule has 0 aliphatic carbocycles. The predicted octanol–water partition coefficient (Wildman–Crippen LogP) is 3.07. The molecule has 2 aromatic carbocycles. The minimum absolute atomic E-state index is 0.122. The van der Waals surface area contributed by atoms with E-state index in [1.54, 1.807) is 48.5 Å². The molecule has 170 valence electrons. The molecule has 1 amide bonds. The molecule has 0 heterocycles. The number of carbonyl (C=O) groups is 1. The highest BCUT2D eigenvalue weighted by molar-refractivity contribution is 7.98. The fourth-order valence-electron chi connectivity index (χ4n) is 2.92. The van der Waals surface area contributed by atoms with Crippen LogP contribution >= 0.6 is 11.8 Å². The molecule has 0 aliphatic rings. The lowest BCUT2D eigenvalue weighted by atomic mass is 10.3. The summed E-state index contributed by atoms with van der Waals surface area (Å²) in [6, 6.07) is 13.5. The van der Waals surface area contributed by atoms with Crippen molar-refractivity contribution in [1.82, 2.24) is 10.2 Å². The molecular formula is C22H31N3O4S2. The summed E-state index contributed by atoms with van der Waals surface area (Å²) in [5.74, 6) is 0.0454. The fourth-order valence-corrected chi connectivity index (χ4v) is 4.76. The Bertz CT molecular complexity index is 947. The Hall–Kier alpha value is -2.23. The zero-order chi connectivity index (χ0) is 22.9. The van der Waals surface area contributed by atoms with Gasteiger partial charge < -0.3 is 15.0 Å². The number of hydrogen-bond acceptors (Lipinski definition) is 6. The highest BCUT2D eigenvalue weighted by Gasteiger charge is 2.29. The topological polar surface area (TPSA) is 79.0 Å². The first kappa shape index (κ1) is 25.0. The van der Waals surface area contributed by atoms with Gasteiger partial charge >= 0.3 is 0 Å². The largest absolute Gasteiger partial charge is 0.492 e. The number of thioether (sulfide) groups is 1. The van der Waals surface area contributed by atoms with Crippen LogP contribution in [0.5, 0.6) is 5.75 Å². The van der Waals surface area contributed by atoms with Gasteiger partial charge in [0.05, 0.1) is 17.2 Å². The summed E-state index contributed by atoms with van der Waals surface area (Å²) in [5, 5.41) is 2.82. The Morgan fingerprint density at radius 2 is 1.77 bits per heavy atom. The van der Waals surface area contributed by atoms with Crippen molar-refractivity contribution in [3.05, 3.63) is 48.5 Å². The Morgan fingerprint density at radius 3 is 2.39 bits per heavy atom. The Morgan fingerprint density at radius 1 is 1.10 bits per heavy atom. The van der Waals surface area contributed by atoms with E-state index in [4.69, 9.17) is 4.74 Å². The van der Waals surface area contributed by atoms with E-state index in [9.17, 15) is 13.2 Å². The standard InChI is InChI=1S/C22H31N3O4S2/c1-5-29-21-10-7-6-9-20(21)25(17-22(26)23-15-8-16-24(2)3)31(27,28)19-13-11-18(30-4)12-14-19/h6-7,9-14H,5,8,15-17H2,1-4H3,(H,23,26). The number of benzene rings is 2. The molecule has 0 unspecified atom stereocenters. The van der Waals surface area contributed by atoms with Crippen LogP contribution in [0.25, 0.3) is 0 Å². The molecule has 0 aromatic heterocycles. The number of sulfonamides is 1. The van der Waals surface area contributed by atoms with Crippen LogP contribution in [0, 0.1) is 0 Å². The van der Waals surface area contributed by atoms with Crippen LogP contribution in [0.2, 0.25) is 0 Å². The van der Waals surface area contributed by atoms with E-state index >= 15 is 0 Å². The van der Waals surface area contributed by atoms with E-state index in [1.807, 2.05) is 32.2 Å². The Labute approximate surface area is 189 Å². The van der Waals surface area contributed by atoms with Crippen LogP contribution in [-0.2, 0) is 14.8 Å². The molecular weight excluding hydrogens is 434 g/mol. The number of nitrogens with zero attached hydrogens (tertiary/aromatic N) is 2. The minimum atomic E-state index is -3.98. The zero-order valence-electron chi connectivity index (χ0n) is 18.5. The van der Waals surface area contributed by atoms with Gasteiger partial charge in [-0.2, -0.15) is 0 Å². The van der Waals surface area contributed by atoms with Gasteiger partial charge in [0.1, 0.15) is 12.3 Å². The van der Waals surface area contributed by atoms with Crippen molar-refractivity contribution < 1.29 is 17.9 Å². The smallest absolute Gasteiger partial charge is 0.264 e. The number of amides is 1. The van der Waals surface area contributed by atoms with Crippen molar-refractivity contribution in [1.29, 1.82) is 0 Å². The molecule has 7 nitrogen and oxygen atoms in total. The van der Waals surface area contributed by atoms with Crippen molar-refractivity contribution in [3.63, 3.8) is 0 Å². The molecule has 9 heteroatoms. The second-order valence-electron chi connectivity index (χ2n) is 7.09. The van der Waals surface area contributed by atoms with Gasteiger partial charge in [-0.15, -0.1) is 11.8 Å². The molecule has 0 bridgehead atoms. The molecule has 0 atom stereocenters. The van der Waals surface area contributed by atoms with Crippen molar-refractivity contribution in [2.45, 2.75) is 23.1 Å². The molecule has 0 aliphatic heterocycles. The number of rotatable bonds is 12. The summed E-state index contributed by atoms with van der Waals surface area (Å²) in [4.78, 5) is 15.8. The van der Waals surface area contributed by atoms with Crippen LogP contribution < -0.4 is 14.4 Å². The summed E-state index contributed by atoms with van der Waals surface area (Å²) < 4.78 is 33.8. The van der Waals surface area contributed by atoms with Gasteiger partial charge in [-0.3, -0.25) is 9.10 Å². The van der Waals surface area contributed by atoms with Crippen molar-refractivity contribution in [2.24, 2.45) is 0 Å². The first-order valence-corrected chi connectivity index (χ1v) is 12.8. The summed E-state index contributed by atoms with van der Waals surface area (Å²) >= 11 is 1.53. The lowest BCUT2D eigenvalue weighted by molar-refractivity contribution is -0.119. The number of carbonyl (C=O) groups excluding carboxylic acids is 1. The van der Waals surface area contributed by atoms with Gasteiger partial charge in [0.2, 0.25) is 5.91 Å². The first-order chi connectivity index (χ1) is 14.8. The van der Waals surface area contributed by atoms with Gasteiger partial charge in [0, 0.05) is 11.4 Å². The number of hydrogen-bond donors (Lipinski definition) is 1. The first-order valence-electron chi connectivity index (χ1n) is 10.1. The van der Waals surface area contributed by atoms with Gasteiger partial charge in [-0.05, 0) is 76.6 Å². The summed E-state index contributed by atoms with van der Waals surface area (Å²) in [6.45, 7) is 3.18.